The summed E-state index contributed by atoms with van der Waals surface area (Å²) in [5.41, 5.74) is 10.3. The lowest BCUT2D eigenvalue weighted by Crippen LogP contribution is -1.95. The molecule has 0 spiro atoms. The van der Waals surface area contributed by atoms with Crippen LogP contribution in [0.25, 0.3) is 0 Å². The average molecular weight is 164 g/mol. The molecular formula is C5H7ClFN3. The minimum Gasteiger partial charge on any atom is -0.396 e. The Hall–Kier alpha value is -1.03. The Labute approximate surface area is 63.6 Å². The second kappa shape index (κ2) is 3.22. The van der Waals surface area contributed by atoms with Gasteiger partial charge in [-0.2, -0.15) is 0 Å². The summed E-state index contributed by atoms with van der Waals surface area (Å²) in [6, 6.07) is 1.27. The van der Waals surface area contributed by atoms with Gasteiger partial charge in [0.15, 0.2) is 5.82 Å². The van der Waals surface area contributed by atoms with Crippen LogP contribution in [-0.2, 0) is 0 Å². The molecule has 0 radical (unpaired) electrons. The third-order valence-corrected chi connectivity index (χ3v) is 0.906. The van der Waals surface area contributed by atoms with Gasteiger partial charge in [-0.3, -0.25) is 0 Å². The highest BCUT2D eigenvalue weighted by Crippen LogP contribution is 2.09. The van der Waals surface area contributed by atoms with Gasteiger partial charge < -0.3 is 11.5 Å². The zero-order valence-corrected chi connectivity index (χ0v) is 5.86. The van der Waals surface area contributed by atoms with Crippen molar-refractivity contribution in [2.24, 2.45) is 0 Å². The second-order valence-electron chi connectivity index (χ2n) is 1.63. The van der Waals surface area contributed by atoms with E-state index in [1.165, 1.54) is 6.07 Å². The zero-order chi connectivity index (χ0) is 6.85. The molecule has 5 heteroatoms. The van der Waals surface area contributed by atoms with Crippen LogP contribution >= 0.6 is 12.4 Å². The molecule has 56 valence electrons. The van der Waals surface area contributed by atoms with E-state index in [4.69, 9.17) is 11.5 Å². The maximum Gasteiger partial charge on any atom is 0.164 e. The number of hydrogen-bond donors (Lipinski definition) is 2. The molecule has 1 aromatic rings. The Morgan fingerprint density at radius 3 is 2.40 bits per heavy atom. The zero-order valence-electron chi connectivity index (χ0n) is 5.04. The molecule has 0 atom stereocenters. The number of halogens is 2. The Morgan fingerprint density at radius 1 is 1.40 bits per heavy atom. The van der Waals surface area contributed by atoms with E-state index in [-0.39, 0.29) is 23.9 Å². The van der Waals surface area contributed by atoms with E-state index in [0.717, 1.165) is 6.20 Å². The molecule has 0 amide bonds. The first kappa shape index (κ1) is 8.97. The fourth-order valence-corrected chi connectivity index (χ4v) is 0.471. The third-order valence-electron chi connectivity index (χ3n) is 0.906. The number of nitrogens with two attached hydrogens (primary N) is 2. The van der Waals surface area contributed by atoms with Crippen LogP contribution in [-0.4, -0.2) is 4.98 Å². The molecule has 0 fully saturated rings. The van der Waals surface area contributed by atoms with Gasteiger partial charge in [-0.15, -0.1) is 12.4 Å². The topological polar surface area (TPSA) is 64.9 Å². The quantitative estimate of drug-likeness (QED) is 0.595. The summed E-state index contributed by atoms with van der Waals surface area (Å²) in [5, 5.41) is 0. The Balaban J connectivity index is 0.000000810. The fraction of sp³-hybridized carbons (Fsp3) is 0. The van der Waals surface area contributed by atoms with Gasteiger partial charge in [0.1, 0.15) is 5.82 Å². The fourth-order valence-electron chi connectivity index (χ4n) is 0.471. The van der Waals surface area contributed by atoms with E-state index >= 15 is 0 Å². The van der Waals surface area contributed by atoms with Crippen LogP contribution in [0.1, 0.15) is 0 Å². The molecule has 0 aliphatic rings. The van der Waals surface area contributed by atoms with Gasteiger partial charge in [0.05, 0.1) is 11.9 Å². The molecule has 10 heavy (non-hydrogen) atoms. The molecule has 0 aliphatic heterocycles. The molecule has 1 aromatic heterocycles. The van der Waals surface area contributed by atoms with Crippen molar-refractivity contribution in [1.29, 1.82) is 0 Å². The van der Waals surface area contributed by atoms with Crippen molar-refractivity contribution in [3.63, 3.8) is 0 Å². The van der Waals surface area contributed by atoms with E-state index in [2.05, 4.69) is 4.98 Å². The number of hydrogen-bond acceptors (Lipinski definition) is 3. The smallest absolute Gasteiger partial charge is 0.164 e. The van der Waals surface area contributed by atoms with Crippen LogP contribution in [0.5, 0.6) is 0 Å². The van der Waals surface area contributed by atoms with E-state index in [9.17, 15) is 4.39 Å². The van der Waals surface area contributed by atoms with Gasteiger partial charge in [-0.25, -0.2) is 9.37 Å². The number of nitrogens with zero attached hydrogens (tertiary/aromatic N) is 1. The van der Waals surface area contributed by atoms with Crippen molar-refractivity contribution in [3.8, 4) is 0 Å². The van der Waals surface area contributed by atoms with E-state index < -0.39 is 5.82 Å². The highest BCUT2D eigenvalue weighted by Gasteiger charge is 1.95. The van der Waals surface area contributed by atoms with Crippen LogP contribution in [0.2, 0.25) is 0 Å². The normalized spacial score (nSPS) is 8.50. The summed E-state index contributed by atoms with van der Waals surface area (Å²) in [6.07, 6.45) is 0.991. The summed E-state index contributed by atoms with van der Waals surface area (Å²) in [4.78, 5) is 3.46. The largest absolute Gasteiger partial charge is 0.396 e. The minimum absolute atomic E-state index is 0. The molecule has 0 saturated carbocycles. The van der Waals surface area contributed by atoms with Crippen molar-refractivity contribution < 1.29 is 4.39 Å². The van der Waals surface area contributed by atoms with Crippen LogP contribution in [0.4, 0.5) is 15.9 Å². The first-order chi connectivity index (χ1) is 4.20. The number of nitrogen functional groups attached to an aromatic ring is 2. The van der Waals surface area contributed by atoms with Gasteiger partial charge >= 0.3 is 0 Å². The standard InChI is InChI=1S/C5H6FN3.ClH/c6-3-2-9-5(8)1-4(3)7;/h1-2H,(H4,7,8,9);1H. The first-order valence-corrected chi connectivity index (χ1v) is 2.36. The average Bonchev–Trinajstić information content (AvgIpc) is 1.80. The van der Waals surface area contributed by atoms with Gasteiger partial charge in [0.25, 0.3) is 0 Å². The molecule has 0 aliphatic carbocycles. The molecule has 0 aromatic carbocycles. The molecular weight excluding hydrogens is 157 g/mol. The van der Waals surface area contributed by atoms with Crippen molar-refractivity contribution in [2.45, 2.75) is 0 Å². The van der Waals surface area contributed by atoms with Gasteiger partial charge in [0, 0.05) is 6.07 Å². The van der Waals surface area contributed by atoms with Gasteiger partial charge in [-0.05, 0) is 0 Å². The van der Waals surface area contributed by atoms with E-state index in [1.807, 2.05) is 0 Å². The molecule has 0 bridgehead atoms. The third kappa shape index (κ3) is 1.73. The molecule has 0 saturated heterocycles. The van der Waals surface area contributed by atoms with Crippen LogP contribution in [0.15, 0.2) is 12.3 Å². The molecule has 1 rings (SSSR count). The van der Waals surface area contributed by atoms with E-state index in [1.54, 1.807) is 0 Å². The summed E-state index contributed by atoms with van der Waals surface area (Å²) >= 11 is 0. The lowest BCUT2D eigenvalue weighted by molar-refractivity contribution is 0.627. The highest BCUT2D eigenvalue weighted by molar-refractivity contribution is 5.85. The van der Waals surface area contributed by atoms with Crippen molar-refractivity contribution >= 4 is 23.9 Å². The van der Waals surface area contributed by atoms with Crippen LogP contribution in [0.3, 0.4) is 0 Å². The Kier molecular flexibility index (Phi) is 2.89. The lowest BCUT2D eigenvalue weighted by atomic mass is 10.4. The monoisotopic (exact) mass is 163 g/mol. The highest BCUT2D eigenvalue weighted by atomic mass is 35.5. The summed E-state index contributed by atoms with van der Waals surface area (Å²) in [7, 11) is 0. The van der Waals surface area contributed by atoms with Crippen LogP contribution in [0, 0.1) is 5.82 Å². The van der Waals surface area contributed by atoms with Gasteiger partial charge in [-0.1, -0.05) is 0 Å². The predicted molar refractivity (Wildman–Crippen MR) is 40.3 cm³/mol. The Morgan fingerprint density at radius 2 is 2.00 bits per heavy atom. The van der Waals surface area contributed by atoms with Gasteiger partial charge in [0.2, 0.25) is 0 Å². The number of pyridine rings is 1. The first-order valence-electron chi connectivity index (χ1n) is 2.36. The Bertz CT molecular complexity index is 228. The molecule has 0 unspecified atom stereocenters. The molecule has 3 nitrogen and oxygen atoms in total. The summed E-state index contributed by atoms with van der Waals surface area (Å²) in [5.74, 6) is -0.307. The maximum absolute atomic E-state index is 12.3. The van der Waals surface area contributed by atoms with Crippen molar-refractivity contribution in [3.05, 3.63) is 18.1 Å². The molecule has 4 N–H and O–H groups in total. The van der Waals surface area contributed by atoms with Crippen molar-refractivity contribution in [1.82, 2.24) is 4.98 Å². The lowest BCUT2D eigenvalue weighted by Gasteiger charge is -1.94. The maximum atomic E-state index is 12.3. The number of aromatic nitrogens is 1. The van der Waals surface area contributed by atoms with Crippen molar-refractivity contribution in [2.75, 3.05) is 11.5 Å². The van der Waals surface area contributed by atoms with Crippen LogP contribution < -0.4 is 11.5 Å². The minimum atomic E-state index is -0.538. The van der Waals surface area contributed by atoms with E-state index in [0.29, 0.717) is 0 Å². The second-order valence-corrected chi connectivity index (χ2v) is 1.63. The number of rotatable bonds is 0. The summed E-state index contributed by atoms with van der Waals surface area (Å²) < 4.78 is 12.3. The molecule has 1 heterocycles. The number of anilines is 2. The predicted octanol–water partition coefficient (Wildman–Crippen LogP) is 0.807. The summed E-state index contributed by atoms with van der Waals surface area (Å²) in [6.45, 7) is 0. The SMILES string of the molecule is Cl.Nc1cc(N)c(F)cn1.